The zero-order valence-corrected chi connectivity index (χ0v) is 6.60. The summed E-state index contributed by atoms with van der Waals surface area (Å²) < 4.78 is 10.4. The monoisotopic (exact) mass is 188 g/mol. The number of hydrogen-bond acceptors (Lipinski definition) is 4. The van der Waals surface area contributed by atoms with Crippen LogP contribution in [0.15, 0.2) is 5.10 Å². The molecule has 0 unspecified atom stereocenters. The standard InChI is InChI=1S/C5H8N4O4/c10-9(11)8-5-6-3-4(7-5)13-2-1-12-3/h3-4H,1-2H2,(H2,6,7,8)/t3-,4-/m0/s1. The number of nitrogens with zero attached hydrogens (tertiary/aromatic N) is 2. The smallest absolute Gasteiger partial charge is 0.273 e. The zero-order valence-electron chi connectivity index (χ0n) is 6.60. The highest BCUT2D eigenvalue weighted by Gasteiger charge is 2.35. The van der Waals surface area contributed by atoms with Crippen molar-refractivity contribution in [3.05, 3.63) is 10.1 Å². The molecule has 8 nitrogen and oxygen atoms in total. The van der Waals surface area contributed by atoms with Gasteiger partial charge in [0.15, 0.2) is 17.5 Å². The van der Waals surface area contributed by atoms with E-state index in [1.54, 1.807) is 0 Å². The molecule has 8 heteroatoms. The number of nitro groups is 1. The molecule has 2 aliphatic rings. The first-order chi connectivity index (χ1) is 6.25. The molecule has 0 aliphatic carbocycles. The van der Waals surface area contributed by atoms with Gasteiger partial charge in [0.05, 0.1) is 13.2 Å². The van der Waals surface area contributed by atoms with Crippen LogP contribution in [0.3, 0.4) is 0 Å². The largest absolute Gasteiger partial charge is 0.351 e. The van der Waals surface area contributed by atoms with Crippen molar-refractivity contribution >= 4 is 5.96 Å². The van der Waals surface area contributed by atoms with Crippen molar-refractivity contribution in [2.45, 2.75) is 12.5 Å². The van der Waals surface area contributed by atoms with Crippen LogP contribution in [0.25, 0.3) is 0 Å². The van der Waals surface area contributed by atoms with Gasteiger partial charge >= 0.3 is 0 Å². The molecule has 2 heterocycles. The quantitative estimate of drug-likeness (QED) is 0.381. The third kappa shape index (κ3) is 1.68. The summed E-state index contributed by atoms with van der Waals surface area (Å²) in [4.78, 5) is 10.0. The average molecular weight is 188 g/mol. The molecule has 2 fully saturated rings. The molecule has 2 rings (SSSR count). The van der Waals surface area contributed by atoms with E-state index in [1.807, 2.05) is 0 Å². The average Bonchev–Trinajstić information content (AvgIpc) is 2.44. The van der Waals surface area contributed by atoms with Gasteiger partial charge in [0.2, 0.25) is 0 Å². The summed E-state index contributed by atoms with van der Waals surface area (Å²) in [5.41, 5.74) is 0. The normalized spacial score (nSPS) is 31.5. The molecule has 0 bridgehead atoms. The van der Waals surface area contributed by atoms with Crippen LogP contribution in [0.1, 0.15) is 0 Å². The van der Waals surface area contributed by atoms with Gasteiger partial charge in [-0.15, -0.1) is 0 Å². The third-order valence-electron chi connectivity index (χ3n) is 1.69. The van der Waals surface area contributed by atoms with Crippen LogP contribution in [0.5, 0.6) is 0 Å². The van der Waals surface area contributed by atoms with Crippen LogP contribution < -0.4 is 10.6 Å². The van der Waals surface area contributed by atoms with E-state index in [1.165, 1.54) is 0 Å². The van der Waals surface area contributed by atoms with E-state index in [9.17, 15) is 10.1 Å². The summed E-state index contributed by atoms with van der Waals surface area (Å²) in [5.74, 6) is 0.0712. The second-order valence-electron chi connectivity index (χ2n) is 2.56. The number of ether oxygens (including phenoxy) is 2. The van der Waals surface area contributed by atoms with Crippen molar-refractivity contribution in [1.82, 2.24) is 10.6 Å². The van der Waals surface area contributed by atoms with Gasteiger partial charge in [0.1, 0.15) is 5.10 Å². The summed E-state index contributed by atoms with van der Waals surface area (Å²) in [6.07, 6.45) is -0.764. The van der Waals surface area contributed by atoms with E-state index in [0.29, 0.717) is 13.2 Å². The van der Waals surface area contributed by atoms with Crippen LogP contribution in [0.2, 0.25) is 0 Å². The van der Waals surface area contributed by atoms with Crippen molar-refractivity contribution in [3.8, 4) is 0 Å². The first kappa shape index (κ1) is 8.20. The number of rotatable bonds is 1. The third-order valence-corrected chi connectivity index (χ3v) is 1.69. The van der Waals surface area contributed by atoms with E-state index in [2.05, 4.69) is 15.7 Å². The number of fused-ring (bicyclic) bond motifs is 1. The molecule has 0 spiro atoms. The number of nitrogens with one attached hydrogen (secondary N) is 2. The van der Waals surface area contributed by atoms with E-state index < -0.39 is 5.03 Å². The van der Waals surface area contributed by atoms with Gasteiger partial charge in [-0.3, -0.25) is 0 Å². The summed E-state index contributed by atoms with van der Waals surface area (Å²) in [6, 6.07) is 0. The lowest BCUT2D eigenvalue weighted by atomic mass is 10.5. The van der Waals surface area contributed by atoms with E-state index in [-0.39, 0.29) is 18.4 Å². The maximum atomic E-state index is 10.0. The highest BCUT2D eigenvalue weighted by Crippen LogP contribution is 2.09. The van der Waals surface area contributed by atoms with Crippen LogP contribution >= 0.6 is 0 Å². The molecule has 2 aliphatic heterocycles. The van der Waals surface area contributed by atoms with E-state index in [4.69, 9.17) is 9.47 Å². The fourth-order valence-corrected chi connectivity index (χ4v) is 1.21. The number of hydrazone groups is 1. The Balaban J connectivity index is 2.02. The van der Waals surface area contributed by atoms with Gasteiger partial charge < -0.3 is 20.1 Å². The molecular weight excluding hydrogens is 180 g/mol. The van der Waals surface area contributed by atoms with Gasteiger partial charge in [-0.05, 0) is 0 Å². The van der Waals surface area contributed by atoms with Crippen LogP contribution in [0.4, 0.5) is 0 Å². The Morgan fingerprint density at radius 2 is 1.92 bits per heavy atom. The van der Waals surface area contributed by atoms with Gasteiger partial charge in [0.25, 0.3) is 5.96 Å². The molecule has 13 heavy (non-hydrogen) atoms. The molecule has 0 aromatic carbocycles. The first-order valence-electron chi connectivity index (χ1n) is 3.75. The minimum Gasteiger partial charge on any atom is -0.351 e. The lowest BCUT2D eigenvalue weighted by Gasteiger charge is -2.24. The molecular formula is C5H8N4O4. The summed E-state index contributed by atoms with van der Waals surface area (Å²) in [5, 5.41) is 17.6. The fourth-order valence-electron chi connectivity index (χ4n) is 1.21. The SMILES string of the molecule is O=[N+]([O-])N=C1N[C@H]2OCCO[C@@H]2N1. The second-order valence-corrected chi connectivity index (χ2v) is 2.56. The number of guanidine groups is 1. The second kappa shape index (κ2) is 3.15. The Bertz CT molecular complexity index is 239. The fraction of sp³-hybridized carbons (Fsp3) is 0.800. The molecule has 2 N–H and O–H groups in total. The molecule has 0 aromatic heterocycles. The Labute approximate surface area is 73.0 Å². The van der Waals surface area contributed by atoms with Crippen molar-refractivity contribution in [2.75, 3.05) is 13.2 Å². The molecule has 0 radical (unpaired) electrons. The minimum absolute atomic E-state index is 0.0712. The van der Waals surface area contributed by atoms with E-state index >= 15 is 0 Å². The van der Waals surface area contributed by atoms with E-state index in [0.717, 1.165) is 0 Å². The van der Waals surface area contributed by atoms with Crippen molar-refractivity contribution in [2.24, 2.45) is 5.10 Å². The highest BCUT2D eigenvalue weighted by molar-refractivity contribution is 5.81. The first-order valence-corrected chi connectivity index (χ1v) is 3.75. The highest BCUT2D eigenvalue weighted by atomic mass is 16.7. The topological polar surface area (TPSA) is 98.0 Å². The van der Waals surface area contributed by atoms with Gasteiger partial charge in [0, 0.05) is 0 Å². The molecule has 0 amide bonds. The van der Waals surface area contributed by atoms with Gasteiger partial charge in [-0.2, -0.15) is 0 Å². The van der Waals surface area contributed by atoms with Crippen molar-refractivity contribution < 1.29 is 14.5 Å². The van der Waals surface area contributed by atoms with Crippen molar-refractivity contribution in [3.63, 3.8) is 0 Å². The lowest BCUT2D eigenvalue weighted by Crippen LogP contribution is -2.43. The lowest BCUT2D eigenvalue weighted by molar-refractivity contribution is -0.485. The molecule has 0 saturated carbocycles. The van der Waals surface area contributed by atoms with Gasteiger partial charge in [-0.25, -0.2) is 10.1 Å². The Hall–Kier alpha value is -1.41. The Kier molecular flexibility index (Phi) is 1.99. The molecule has 2 saturated heterocycles. The summed E-state index contributed by atoms with van der Waals surface area (Å²) in [6.45, 7) is 0.948. The van der Waals surface area contributed by atoms with Crippen LogP contribution in [-0.4, -0.2) is 36.7 Å². The zero-order chi connectivity index (χ0) is 9.26. The van der Waals surface area contributed by atoms with Crippen LogP contribution in [0, 0.1) is 10.1 Å². The van der Waals surface area contributed by atoms with Gasteiger partial charge in [-0.1, -0.05) is 0 Å². The molecule has 0 aromatic rings. The maximum absolute atomic E-state index is 10.0. The minimum atomic E-state index is -0.785. The molecule has 2 atom stereocenters. The van der Waals surface area contributed by atoms with Crippen molar-refractivity contribution in [1.29, 1.82) is 0 Å². The Morgan fingerprint density at radius 1 is 1.38 bits per heavy atom. The number of hydrogen-bond donors (Lipinski definition) is 2. The van der Waals surface area contributed by atoms with Crippen LogP contribution in [-0.2, 0) is 9.47 Å². The molecule has 72 valence electrons. The predicted octanol–water partition coefficient (Wildman–Crippen LogP) is -1.57. The predicted molar refractivity (Wildman–Crippen MR) is 40.2 cm³/mol. The summed E-state index contributed by atoms with van der Waals surface area (Å²) in [7, 11) is 0. The Morgan fingerprint density at radius 3 is 2.38 bits per heavy atom. The maximum Gasteiger partial charge on any atom is 0.273 e. The summed E-state index contributed by atoms with van der Waals surface area (Å²) >= 11 is 0.